The summed E-state index contributed by atoms with van der Waals surface area (Å²) in [6.07, 6.45) is -2.54. The average molecular weight is 361 g/mol. The molecule has 3 heterocycles. The largest absolute Gasteiger partial charge is 0.387 e. The van der Waals surface area contributed by atoms with Gasteiger partial charge in [0.1, 0.15) is 24.1 Å². The zero-order valence-corrected chi connectivity index (χ0v) is 13.4. The van der Waals surface area contributed by atoms with Crippen molar-refractivity contribution in [3.63, 3.8) is 0 Å². The highest BCUT2D eigenvalue weighted by molar-refractivity contribution is 7.84. The van der Waals surface area contributed by atoms with Gasteiger partial charge in [0, 0.05) is 0 Å². The summed E-state index contributed by atoms with van der Waals surface area (Å²) in [4.78, 5) is 12.3. The number of rotatable bonds is 5. The van der Waals surface area contributed by atoms with Crippen LogP contribution < -0.4 is 5.14 Å². The van der Waals surface area contributed by atoms with Gasteiger partial charge in [-0.1, -0.05) is 6.92 Å². The van der Waals surface area contributed by atoms with Crippen molar-refractivity contribution in [1.29, 1.82) is 0 Å². The number of halogens is 1. The fourth-order valence-corrected chi connectivity index (χ4v) is 2.90. The smallest absolute Gasteiger partial charge is 0.333 e. The molecule has 24 heavy (non-hydrogen) atoms. The second-order valence-corrected chi connectivity index (χ2v) is 6.50. The summed E-state index contributed by atoms with van der Waals surface area (Å²) in [5.74, 6) is 0. The van der Waals surface area contributed by atoms with Crippen LogP contribution in [0.4, 0.5) is 4.39 Å². The molecule has 0 unspecified atom stereocenters. The number of hydrogen-bond donors (Lipinski definition) is 2. The number of hydrogen-bond acceptors (Lipinski definition) is 8. The number of nitrogens with two attached hydrogens (primary N) is 1. The quantitative estimate of drug-likeness (QED) is 0.705. The van der Waals surface area contributed by atoms with Crippen LogP contribution in [0, 0.1) is 0 Å². The van der Waals surface area contributed by atoms with Gasteiger partial charge in [-0.05, 0) is 6.42 Å². The number of nitrogens with zero attached hydrogens (tertiary/aromatic N) is 4. The Hall–Kier alpha value is -1.73. The molecule has 0 radical (unpaired) electrons. The molecule has 10 nitrogen and oxygen atoms in total. The predicted octanol–water partition coefficient (Wildman–Crippen LogP) is -0.795. The van der Waals surface area contributed by atoms with Gasteiger partial charge in [0.05, 0.1) is 18.6 Å². The summed E-state index contributed by atoms with van der Waals surface area (Å²) in [6, 6.07) is 0. The molecule has 1 aliphatic rings. The second-order valence-electron chi connectivity index (χ2n) is 5.28. The Kier molecular flexibility index (Phi) is 4.48. The molecule has 3 N–H and O–H groups in total. The molecular weight excluding hydrogens is 345 g/mol. The highest BCUT2D eigenvalue weighted by atomic mass is 32.2. The number of imidazole rings is 1. The van der Waals surface area contributed by atoms with Crippen LogP contribution >= 0.6 is 0 Å². The maximum Gasteiger partial charge on any atom is 0.333 e. The topological polar surface area (TPSA) is 142 Å². The zero-order chi connectivity index (χ0) is 17.5. The number of aryl methyl sites for hydroxylation is 1. The first-order valence-electron chi connectivity index (χ1n) is 7.13. The molecule has 0 amide bonds. The van der Waals surface area contributed by atoms with Crippen LogP contribution in [-0.2, 0) is 25.6 Å². The number of aromatic nitrogens is 4. The third-order valence-corrected chi connectivity index (χ3v) is 4.20. The van der Waals surface area contributed by atoms with E-state index in [4.69, 9.17) is 9.88 Å². The van der Waals surface area contributed by atoms with E-state index in [2.05, 4.69) is 19.1 Å². The van der Waals surface area contributed by atoms with Crippen molar-refractivity contribution in [3.05, 3.63) is 18.3 Å². The minimum absolute atomic E-state index is 0.356. The van der Waals surface area contributed by atoms with Crippen LogP contribution in [0.2, 0.25) is 0 Å². The summed E-state index contributed by atoms with van der Waals surface area (Å²) in [7, 11) is -4.22. The van der Waals surface area contributed by atoms with E-state index in [9.17, 15) is 17.9 Å². The molecule has 2 aromatic rings. The number of alkyl halides is 1. The molecule has 0 aromatic carbocycles. The van der Waals surface area contributed by atoms with E-state index in [0.717, 1.165) is 0 Å². The SMILES string of the molecule is CCc1ncnc2c1ncn2[C@@H]1O[C@H](COS(N)(=O)=O)[C@H](O)[C@H]1F. The van der Waals surface area contributed by atoms with Gasteiger partial charge in [-0.15, -0.1) is 0 Å². The van der Waals surface area contributed by atoms with Crippen molar-refractivity contribution in [1.82, 2.24) is 19.5 Å². The lowest BCUT2D eigenvalue weighted by Crippen LogP contribution is -2.33. The number of fused-ring (bicyclic) bond motifs is 1. The molecule has 0 saturated carbocycles. The molecule has 1 saturated heterocycles. The standard InChI is InChI=1S/C12H16FN5O5S/c1-2-6-9-11(16-4-15-6)18(5-17-9)12-8(13)10(19)7(23-12)3-22-24(14,20)21/h4-5,7-8,10,12,19H,2-3H2,1H3,(H2,14,20,21)/t7-,8-,10+,12-/m1/s1. The second kappa shape index (κ2) is 6.29. The Morgan fingerprint density at radius 2 is 2.21 bits per heavy atom. The first-order chi connectivity index (χ1) is 11.3. The van der Waals surface area contributed by atoms with Gasteiger partial charge in [0.25, 0.3) is 0 Å². The summed E-state index contributed by atoms with van der Waals surface area (Å²) in [5.41, 5.74) is 1.56. The van der Waals surface area contributed by atoms with Gasteiger partial charge in [0.15, 0.2) is 18.0 Å². The Morgan fingerprint density at radius 3 is 2.88 bits per heavy atom. The molecule has 0 bridgehead atoms. The lowest BCUT2D eigenvalue weighted by Gasteiger charge is -2.15. The van der Waals surface area contributed by atoms with Crippen LogP contribution in [0.15, 0.2) is 12.7 Å². The summed E-state index contributed by atoms with van der Waals surface area (Å²) in [5, 5.41) is 14.6. The number of aliphatic hydroxyl groups is 1. The highest BCUT2D eigenvalue weighted by Gasteiger charge is 2.46. The Labute approximate surface area is 136 Å². The van der Waals surface area contributed by atoms with Gasteiger partial charge in [-0.2, -0.15) is 8.42 Å². The molecule has 0 spiro atoms. The fraction of sp³-hybridized carbons (Fsp3) is 0.583. The number of ether oxygens (including phenoxy) is 1. The van der Waals surface area contributed by atoms with Gasteiger partial charge in [-0.3, -0.25) is 8.75 Å². The van der Waals surface area contributed by atoms with Crippen LogP contribution in [-0.4, -0.2) is 58.0 Å². The molecule has 4 atom stereocenters. The van der Waals surface area contributed by atoms with Crippen molar-refractivity contribution < 1.29 is 26.8 Å². The molecule has 2 aromatic heterocycles. The predicted molar refractivity (Wildman–Crippen MR) is 78.6 cm³/mol. The lowest BCUT2D eigenvalue weighted by atomic mass is 10.1. The molecule has 132 valence electrons. The van der Waals surface area contributed by atoms with Crippen LogP contribution in [0.5, 0.6) is 0 Å². The van der Waals surface area contributed by atoms with E-state index in [0.29, 0.717) is 23.3 Å². The van der Waals surface area contributed by atoms with E-state index in [1.165, 1.54) is 17.2 Å². The van der Waals surface area contributed by atoms with Crippen molar-refractivity contribution >= 4 is 21.5 Å². The van der Waals surface area contributed by atoms with Crippen LogP contribution in [0.1, 0.15) is 18.8 Å². The summed E-state index contributed by atoms with van der Waals surface area (Å²) < 4.78 is 47.2. The highest BCUT2D eigenvalue weighted by Crippen LogP contribution is 2.34. The lowest BCUT2D eigenvalue weighted by molar-refractivity contribution is -0.0403. The molecule has 3 rings (SSSR count). The molecule has 12 heteroatoms. The minimum atomic E-state index is -4.22. The van der Waals surface area contributed by atoms with Gasteiger partial charge < -0.3 is 9.84 Å². The first kappa shape index (κ1) is 17.1. The van der Waals surface area contributed by atoms with Crippen molar-refractivity contribution in [2.75, 3.05) is 6.61 Å². The average Bonchev–Trinajstić information content (AvgIpc) is 3.07. The van der Waals surface area contributed by atoms with E-state index < -0.39 is 41.5 Å². The van der Waals surface area contributed by atoms with Crippen molar-refractivity contribution in [2.45, 2.75) is 38.0 Å². The Balaban J connectivity index is 1.87. The fourth-order valence-electron chi connectivity index (χ4n) is 2.57. The number of aliphatic hydroxyl groups excluding tert-OH is 1. The molecule has 1 fully saturated rings. The third-order valence-electron chi connectivity index (χ3n) is 3.73. The molecule has 1 aliphatic heterocycles. The summed E-state index contributed by atoms with van der Waals surface area (Å²) >= 11 is 0. The molecule has 0 aliphatic carbocycles. The van der Waals surface area contributed by atoms with Crippen LogP contribution in [0.25, 0.3) is 11.2 Å². The maximum absolute atomic E-state index is 14.4. The van der Waals surface area contributed by atoms with Gasteiger partial charge in [-0.25, -0.2) is 24.5 Å². The minimum Gasteiger partial charge on any atom is -0.387 e. The Morgan fingerprint density at radius 1 is 1.46 bits per heavy atom. The van der Waals surface area contributed by atoms with E-state index in [-0.39, 0.29) is 0 Å². The van der Waals surface area contributed by atoms with Crippen LogP contribution in [0.3, 0.4) is 0 Å². The van der Waals surface area contributed by atoms with Gasteiger partial charge >= 0.3 is 10.3 Å². The third kappa shape index (κ3) is 3.10. The normalized spacial score (nSPS) is 27.8. The maximum atomic E-state index is 14.4. The summed E-state index contributed by atoms with van der Waals surface area (Å²) in [6.45, 7) is 1.30. The zero-order valence-electron chi connectivity index (χ0n) is 12.6. The van der Waals surface area contributed by atoms with E-state index in [1.54, 1.807) is 0 Å². The van der Waals surface area contributed by atoms with Gasteiger partial charge in [0.2, 0.25) is 0 Å². The monoisotopic (exact) mass is 361 g/mol. The van der Waals surface area contributed by atoms with E-state index in [1.807, 2.05) is 6.92 Å². The Bertz CT molecular complexity index is 843. The van der Waals surface area contributed by atoms with E-state index >= 15 is 0 Å². The first-order valence-corrected chi connectivity index (χ1v) is 8.60. The van der Waals surface area contributed by atoms with Crippen molar-refractivity contribution in [3.8, 4) is 0 Å². The van der Waals surface area contributed by atoms with Crippen molar-refractivity contribution in [2.24, 2.45) is 5.14 Å². The molecular formula is C12H16FN5O5S.